The van der Waals surface area contributed by atoms with Crippen LogP contribution in [0.1, 0.15) is 18.9 Å². The first-order valence-corrected chi connectivity index (χ1v) is 5.91. The number of rotatable bonds is 4. The Morgan fingerprint density at radius 2 is 1.93 bits per heavy atom. The molecule has 0 fully saturated rings. The fraction of sp³-hybridized carbons (Fsp3) is 0.364. The van der Waals surface area contributed by atoms with Crippen LogP contribution in [0.4, 0.5) is 0 Å². The second-order valence-corrected chi connectivity index (χ2v) is 5.39. The number of aryl methyl sites for hydroxylation is 1. The van der Waals surface area contributed by atoms with Crippen molar-refractivity contribution in [3.8, 4) is 0 Å². The summed E-state index contributed by atoms with van der Waals surface area (Å²) in [6, 6.07) is 7.31. The second-order valence-electron chi connectivity index (χ2n) is 3.52. The molecule has 15 heavy (non-hydrogen) atoms. The first-order valence-electron chi connectivity index (χ1n) is 4.69. The average Bonchev–Trinajstić information content (AvgIpc) is 2.17. The molecule has 82 valence electrons. The highest BCUT2D eigenvalue weighted by molar-refractivity contribution is 7.85. The van der Waals surface area contributed by atoms with E-state index in [1.165, 1.54) is 0 Å². The van der Waals surface area contributed by atoms with Crippen molar-refractivity contribution < 1.29 is 14.1 Å². The summed E-state index contributed by atoms with van der Waals surface area (Å²) in [5, 5.41) is 8.23. The first-order chi connectivity index (χ1) is 7.00. The molecule has 0 saturated carbocycles. The third-order valence-corrected chi connectivity index (χ3v) is 3.72. The Balaban J connectivity index is 2.76. The summed E-state index contributed by atoms with van der Waals surface area (Å²) in [4.78, 5) is 11.2. The van der Waals surface area contributed by atoms with Crippen molar-refractivity contribution in [2.24, 2.45) is 0 Å². The van der Waals surface area contributed by atoms with Crippen LogP contribution >= 0.6 is 0 Å². The Bertz CT molecular complexity index is 370. The van der Waals surface area contributed by atoms with Gasteiger partial charge in [0.2, 0.25) is 0 Å². The van der Waals surface area contributed by atoms with Gasteiger partial charge < -0.3 is 5.11 Å². The molecule has 0 bridgehead atoms. The molecule has 3 nitrogen and oxygen atoms in total. The Morgan fingerprint density at radius 1 is 1.40 bits per heavy atom. The highest BCUT2D eigenvalue weighted by Gasteiger charge is 2.16. The van der Waals surface area contributed by atoms with Crippen LogP contribution in [0.25, 0.3) is 0 Å². The van der Waals surface area contributed by atoms with Gasteiger partial charge in [-0.05, 0) is 26.0 Å². The molecule has 0 heterocycles. The number of hydrogen-bond donors (Lipinski definition) is 1. The van der Waals surface area contributed by atoms with Crippen LogP contribution in [0.15, 0.2) is 29.2 Å². The molecule has 0 saturated heterocycles. The Morgan fingerprint density at radius 3 is 2.40 bits per heavy atom. The summed E-state index contributed by atoms with van der Waals surface area (Å²) in [5.74, 6) is -0.914. The number of carbonyl (C=O) groups is 1. The maximum atomic E-state index is 11.8. The normalized spacial score (nSPS) is 14.5. The molecule has 0 spiro atoms. The van der Waals surface area contributed by atoms with Crippen molar-refractivity contribution in [1.29, 1.82) is 0 Å². The summed E-state index contributed by atoms with van der Waals surface area (Å²) in [6.07, 6.45) is -0.0690. The Kier molecular flexibility index (Phi) is 4.03. The molecule has 1 N–H and O–H groups in total. The van der Waals surface area contributed by atoms with Crippen LogP contribution in [-0.2, 0) is 15.6 Å². The van der Waals surface area contributed by atoms with Gasteiger partial charge in [0.05, 0.1) is 17.2 Å². The van der Waals surface area contributed by atoms with Crippen molar-refractivity contribution in [3.63, 3.8) is 0 Å². The predicted octanol–water partition coefficient (Wildman–Crippen LogP) is 1.97. The molecule has 1 aromatic rings. The van der Waals surface area contributed by atoms with E-state index in [0.717, 1.165) is 5.56 Å². The minimum Gasteiger partial charge on any atom is -0.481 e. The van der Waals surface area contributed by atoms with E-state index < -0.39 is 16.8 Å². The zero-order chi connectivity index (χ0) is 11.4. The second kappa shape index (κ2) is 5.07. The fourth-order valence-corrected chi connectivity index (χ4v) is 2.39. The molecular formula is C11H14O3S. The van der Waals surface area contributed by atoms with E-state index in [0.29, 0.717) is 4.90 Å². The lowest BCUT2D eigenvalue weighted by Gasteiger charge is -2.08. The number of carboxylic acids is 1. The third-order valence-electron chi connectivity index (χ3n) is 2.08. The van der Waals surface area contributed by atoms with Gasteiger partial charge >= 0.3 is 5.97 Å². The molecule has 1 aromatic carbocycles. The smallest absolute Gasteiger partial charge is 0.304 e. The zero-order valence-electron chi connectivity index (χ0n) is 8.77. The van der Waals surface area contributed by atoms with E-state index in [2.05, 4.69) is 0 Å². The van der Waals surface area contributed by atoms with Crippen molar-refractivity contribution in [3.05, 3.63) is 29.8 Å². The van der Waals surface area contributed by atoms with Crippen LogP contribution in [0.5, 0.6) is 0 Å². The van der Waals surface area contributed by atoms with Crippen LogP contribution in [0.3, 0.4) is 0 Å². The molecule has 0 aliphatic rings. The van der Waals surface area contributed by atoms with Crippen molar-refractivity contribution in [2.45, 2.75) is 30.4 Å². The van der Waals surface area contributed by atoms with E-state index in [1.54, 1.807) is 19.1 Å². The Labute approximate surface area is 91.6 Å². The van der Waals surface area contributed by atoms with Crippen LogP contribution in [-0.4, -0.2) is 20.5 Å². The van der Waals surface area contributed by atoms with Crippen LogP contribution in [0, 0.1) is 6.92 Å². The molecule has 2 atom stereocenters. The fourth-order valence-electron chi connectivity index (χ4n) is 1.23. The largest absolute Gasteiger partial charge is 0.481 e. The molecule has 1 unspecified atom stereocenters. The van der Waals surface area contributed by atoms with Gasteiger partial charge in [-0.2, -0.15) is 0 Å². The van der Waals surface area contributed by atoms with Gasteiger partial charge in [0.15, 0.2) is 0 Å². The topological polar surface area (TPSA) is 54.4 Å². The minimum atomic E-state index is -1.24. The molecule has 0 radical (unpaired) electrons. The summed E-state index contributed by atoms with van der Waals surface area (Å²) < 4.78 is 11.8. The number of aliphatic carboxylic acids is 1. The molecular weight excluding hydrogens is 212 g/mol. The molecule has 0 aliphatic heterocycles. The molecule has 1 rings (SSSR count). The third kappa shape index (κ3) is 3.47. The lowest BCUT2D eigenvalue weighted by atomic mass is 10.2. The standard InChI is InChI=1S/C11H14O3S/c1-8-3-5-10(6-4-8)15(14)9(2)7-11(12)13/h3-6,9H,7H2,1-2H3,(H,12,13)/t9-,15?/m1/s1. The predicted molar refractivity (Wildman–Crippen MR) is 59.3 cm³/mol. The quantitative estimate of drug-likeness (QED) is 0.854. The van der Waals surface area contributed by atoms with Gasteiger partial charge in [0, 0.05) is 10.1 Å². The van der Waals surface area contributed by atoms with E-state index >= 15 is 0 Å². The molecule has 0 amide bonds. The maximum Gasteiger partial charge on any atom is 0.304 e. The van der Waals surface area contributed by atoms with Gasteiger partial charge in [0.1, 0.15) is 0 Å². The minimum absolute atomic E-state index is 0.0690. The van der Waals surface area contributed by atoms with Gasteiger partial charge in [0.25, 0.3) is 0 Å². The van der Waals surface area contributed by atoms with Gasteiger partial charge in [-0.15, -0.1) is 0 Å². The van der Waals surface area contributed by atoms with Crippen LogP contribution < -0.4 is 0 Å². The summed E-state index contributed by atoms with van der Waals surface area (Å²) in [7, 11) is -1.24. The van der Waals surface area contributed by atoms with Crippen molar-refractivity contribution >= 4 is 16.8 Å². The highest BCUT2D eigenvalue weighted by Crippen LogP contribution is 2.14. The van der Waals surface area contributed by atoms with Gasteiger partial charge in [-0.1, -0.05) is 17.7 Å². The molecule has 0 aliphatic carbocycles. The summed E-state index contributed by atoms with van der Waals surface area (Å²) in [5.41, 5.74) is 1.10. The number of benzene rings is 1. The summed E-state index contributed by atoms with van der Waals surface area (Å²) in [6.45, 7) is 3.64. The monoisotopic (exact) mass is 226 g/mol. The van der Waals surface area contributed by atoms with E-state index in [4.69, 9.17) is 5.11 Å². The Hall–Kier alpha value is -1.16. The lowest BCUT2D eigenvalue weighted by Crippen LogP contribution is -2.15. The molecule has 0 aromatic heterocycles. The van der Waals surface area contributed by atoms with Gasteiger partial charge in [-0.3, -0.25) is 9.00 Å². The first kappa shape index (κ1) is 11.9. The zero-order valence-corrected chi connectivity index (χ0v) is 9.58. The van der Waals surface area contributed by atoms with E-state index in [-0.39, 0.29) is 11.7 Å². The van der Waals surface area contributed by atoms with Crippen molar-refractivity contribution in [2.75, 3.05) is 0 Å². The summed E-state index contributed by atoms with van der Waals surface area (Å²) >= 11 is 0. The number of carboxylic acid groups (broad SMARTS) is 1. The number of hydrogen-bond acceptors (Lipinski definition) is 2. The van der Waals surface area contributed by atoms with Crippen LogP contribution in [0.2, 0.25) is 0 Å². The van der Waals surface area contributed by atoms with Gasteiger partial charge in [-0.25, -0.2) is 0 Å². The SMILES string of the molecule is Cc1ccc(S(=O)[C@H](C)CC(=O)O)cc1. The van der Waals surface area contributed by atoms with Crippen molar-refractivity contribution in [1.82, 2.24) is 0 Å². The maximum absolute atomic E-state index is 11.8. The van der Waals surface area contributed by atoms with E-state index in [9.17, 15) is 9.00 Å². The average molecular weight is 226 g/mol. The molecule has 4 heteroatoms. The van der Waals surface area contributed by atoms with E-state index in [1.807, 2.05) is 19.1 Å². The lowest BCUT2D eigenvalue weighted by molar-refractivity contribution is -0.136. The highest BCUT2D eigenvalue weighted by atomic mass is 32.2.